The van der Waals surface area contributed by atoms with Gasteiger partial charge in [-0.3, -0.25) is 14.4 Å². The van der Waals surface area contributed by atoms with Crippen molar-refractivity contribution in [1.29, 1.82) is 0 Å². The van der Waals surface area contributed by atoms with Crippen LogP contribution in [0.4, 0.5) is 11.4 Å². The second kappa shape index (κ2) is 8.83. The highest BCUT2D eigenvalue weighted by molar-refractivity contribution is 7.12. The lowest BCUT2D eigenvalue weighted by molar-refractivity contribution is 0.0975. The largest absolute Gasteiger partial charge is 0.322 e. The first-order valence-corrected chi connectivity index (χ1v) is 11.3. The van der Waals surface area contributed by atoms with E-state index in [-0.39, 0.29) is 22.6 Å². The SMILES string of the molecule is Cc1c(Cl)cccc1C(=O)Nc1ccc(C(=O)N2CCCC(=O)c3sccc32)c(Cl)c1. The number of carbonyl (C=O) groups excluding carboxylic acids is 3. The van der Waals surface area contributed by atoms with Crippen LogP contribution in [0.3, 0.4) is 0 Å². The second-order valence-corrected chi connectivity index (χ2v) is 8.91. The van der Waals surface area contributed by atoms with Crippen molar-refractivity contribution in [1.82, 2.24) is 0 Å². The molecule has 31 heavy (non-hydrogen) atoms. The van der Waals surface area contributed by atoms with Crippen molar-refractivity contribution in [3.05, 3.63) is 79.5 Å². The van der Waals surface area contributed by atoms with Crippen LogP contribution in [0.15, 0.2) is 47.8 Å². The highest BCUT2D eigenvalue weighted by Gasteiger charge is 2.28. The van der Waals surface area contributed by atoms with Crippen molar-refractivity contribution < 1.29 is 14.4 Å². The molecule has 8 heteroatoms. The van der Waals surface area contributed by atoms with E-state index >= 15 is 0 Å². The first-order chi connectivity index (χ1) is 14.9. The van der Waals surface area contributed by atoms with E-state index in [1.165, 1.54) is 11.3 Å². The number of nitrogens with zero attached hydrogens (tertiary/aromatic N) is 1. The van der Waals surface area contributed by atoms with E-state index in [1.807, 2.05) is 5.38 Å². The molecular formula is C23H18Cl2N2O3S. The third-order valence-corrected chi connectivity index (χ3v) is 6.86. The van der Waals surface area contributed by atoms with E-state index in [0.717, 1.165) is 0 Å². The molecular weight excluding hydrogens is 455 g/mol. The van der Waals surface area contributed by atoms with Crippen molar-refractivity contribution >= 4 is 63.5 Å². The molecule has 0 radical (unpaired) electrons. The van der Waals surface area contributed by atoms with Crippen molar-refractivity contribution in [2.45, 2.75) is 19.8 Å². The molecule has 2 heterocycles. The van der Waals surface area contributed by atoms with Crippen LogP contribution in [0.5, 0.6) is 0 Å². The van der Waals surface area contributed by atoms with Gasteiger partial charge in [0.2, 0.25) is 0 Å². The summed E-state index contributed by atoms with van der Waals surface area (Å²) in [5.74, 6) is -0.534. The Kier molecular flexibility index (Phi) is 6.14. The standard InChI is InChI=1S/C23H18Cl2N2O3S/c1-13-15(4-2-5-17(13)24)22(29)26-14-7-8-16(18(25)12-14)23(30)27-10-3-6-20(28)21-19(27)9-11-31-21/h2,4-5,7-9,11-12H,3,6,10H2,1H3,(H,26,29). The maximum absolute atomic E-state index is 13.2. The van der Waals surface area contributed by atoms with Gasteiger partial charge in [0.05, 0.1) is 21.2 Å². The van der Waals surface area contributed by atoms with Crippen LogP contribution in [0, 0.1) is 6.92 Å². The van der Waals surface area contributed by atoms with Crippen LogP contribution in [-0.4, -0.2) is 24.1 Å². The number of hydrogen-bond acceptors (Lipinski definition) is 4. The Labute approximate surface area is 193 Å². The van der Waals surface area contributed by atoms with Gasteiger partial charge in [0.25, 0.3) is 11.8 Å². The number of benzene rings is 2. The molecule has 0 unspecified atom stereocenters. The Balaban J connectivity index is 1.57. The highest BCUT2D eigenvalue weighted by Crippen LogP contribution is 2.33. The van der Waals surface area contributed by atoms with Gasteiger partial charge in [-0.05, 0) is 60.7 Å². The number of thiophene rings is 1. The summed E-state index contributed by atoms with van der Waals surface area (Å²) < 4.78 is 0. The average Bonchev–Trinajstić information content (AvgIpc) is 3.16. The molecule has 1 aliphatic heterocycles. The molecule has 0 bridgehead atoms. The number of ketones is 1. The zero-order valence-electron chi connectivity index (χ0n) is 16.6. The monoisotopic (exact) mass is 472 g/mol. The molecule has 5 nitrogen and oxygen atoms in total. The maximum atomic E-state index is 13.2. The minimum atomic E-state index is -0.316. The number of fused-ring (bicyclic) bond motifs is 1. The van der Waals surface area contributed by atoms with E-state index in [0.29, 0.717) is 57.4 Å². The smallest absolute Gasteiger partial charge is 0.259 e. The molecule has 4 rings (SSSR count). The van der Waals surface area contributed by atoms with Crippen molar-refractivity contribution in [3.8, 4) is 0 Å². The van der Waals surface area contributed by atoms with Crippen LogP contribution in [0.1, 0.15) is 48.8 Å². The lowest BCUT2D eigenvalue weighted by atomic mass is 10.1. The lowest BCUT2D eigenvalue weighted by Gasteiger charge is -2.21. The second-order valence-electron chi connectivity index (χ2n) is 7.18. The van der Waals surface area contributed by atoms with Crippen LogP contribution < -0.4 is 10.2 Å². The molecule has 0 saturated heterocycles. The van der Waals surface area contributed by atoms with Gasteiger partial charge in [0.15, 0.2) is 5.78 Å². The zero-order valence-corrected chi connectivity index (χ0v) is 18.9. The molecule has 0 saturated carbocycles. The molecule has 0 fully saturated rings. The van der Waals surface area contributed by atoms with E-state index in [1.54, 1.807) is 54.3 Å². The van der Waals surface area contributed by atoms with Gasteiger partial charge in [0.1, 0.15) is 0 Å². The number of nitrogens with one attached hydrogen (secondary N) is 1. The topological polar surface area (TPSA) is 66.5 Å². The van der Waals surface area contributed by atoms with Gasteiger partial charge in [-0.15, -0.1) is 11.3 Å². The molecule has 0 spiro atoms. The first-order valence-electron chi connectivity index (χ1n) is 9.65. The minimum absolute atomic E-state index is 0.0563. The Morgan fingerprint density at radius 2 is 1.87 bits per heavy atom. The summed E-state index contributed by atoms with van der Waals surface area (Å²) in [7, 11) is 0. The summed E-state index contributed by atoms with van der Waals surface area (Å²) in [6, 6.07) is 11.7. The predicted molar refractivity (Wildman–Crippen MR) is 125 cm³/mol. The van der Waals surface area contributed by atoms with Gasteiger partial charge in [-0.2, -0.15) is 0 Å². The third kappa shape index (κ3) is 4.24. The predicted octanol–water partition coefficient (Wildman–Crippen LogP) is 6.24. The summed E-state index contributed by atoms with van der Waals surface area (Å²) >= 11 is 13.9. The fourth-order valence-electron chi connectivity index (χ4n) is 3.53. The quantitative estimate of drug-likeness (QED) is 0.490. The Bertz CT molecular complexity index is 1210. The zero-order chi connectivity index (χ0) is 22.1. The Hall–Kier alpha value is -2.67. The van der Waals surface area contributed by atoms with Crippen LogP contribution in [0.25, 0.3) is 0 Å². The number of rotatable bonds is 3. The number of amides is 2. The van der Waals surface area contributed by atoms with Crippen molar-refractivity contribution in [3.63, 3.8) is 0 Å². The fourth-order valence-corrected chi connectivity index (χ4v) is 4.83. The summed E-state index contributed by atoms with van der Waals surface area (Å²) in [5, 5.41) is 5.33. The maximum Gasteiger partial charge on any atom is 0.259 e. The van der Waals surface area contributed by atoms with Gasteiger partial charge >= 0.3 is 0 Å². The first kappa shape index (κ1) is 21.6. The molecule has 158 valence electrons. The molecule has 2 aromatic carbocycles. The minimum Gasteiger partial charge on any atom is -0.322 e. The Morgan fingerprint density at radius 3 is 2.65 bits per heavy atom. The van der Waals surface area contributed by atoms with E-state index in [4.69, 9.17) is 23.2 Å². The highest BCUT2D eigenvalue weighted by atomic mass is 35.5. The van der Waals surface area contributed by atoms with Crippen LogP contribution in [-0.2, 0) is 0 Å². The number of anilines is 2. The normalized spacial score (nSPS) is 13.5. The number of Topliss-reactive ketones (excluding diaryl/α,β-unsaturated/α-hetero) is 1. The van der Waals surface area contributed by atoms with Crippen LogP contribution in [0.2, 0.25) is 10.0 Å². The average molecular weight is 473 g/mol. The summed E-state index contributed by atoms with van der Waals surface area (Å²) in [4.78, 5) is 40.3. The Morgan fingerprint density at radius 1 is 1.06 bits per heavy atom. The van der Waals surface area contributed by atoms with E-state index < -0.39 is 0 Å². The number of carbonyl (C=O) groups is 3. The molecule has 1 aliphatic rings. The molecule has 0 aliphatic carbocycles. The summed E-state index contributed by atoms with van der Waals surface area (Å²) in [5.41, 5.74) is 2.55. The van der Waals surface area contributed by atoms with Crippen molar-refractivity contribution in [2.75, 3.05) is 16.8 Å². The number of halogens is 2. The molecule has 1 N–H and O–H groups in total. The lowest BCUT2D eigenvalue weighted by Crippen LogP contribution is -2.31. The molecule has 1 aromatic heterocycles. The fraction of sp³-hybridized carbons (Fsp3) is 0.174. The summed E-state index contributed by atoms with van der Waals surface area (Å²) in [6.07, 6.45) is 1.01. The summed E-state index contributed by atoms with van der Waals surface area (Å²) in [6.45, 7) is 2.22. The van der Waals surface area contributed by atoms with Gasteiger partial charge in [-0.1, -0.05) is 29.3 Å². The third-order valence-electron chi connectivity index (χ3n) is 5.19. The van der Waals surface area contributed by atoms with Gasteiger partial charge in [-0.25, -0.2) is 0 Å². The number of hydrogen-bond donors (Lipinski definition) is 1. The van der Waals surface area contributed by atoms with Gasteiger partial charge < -0.3 is 10.2 Å². The molecule has 3 aromatic rings. The van der Waals surface area contributed by atoms with Crippen LogP contribution >= 0.6 is 34.5 Å². The van der Waals surface area contributed by atoms with Gasteiger partial charge in [0, 0.05) is 29.2 Å². The molecule has 0 atom stereocenters. The van der Waals surface area contributed by atoms with E-state index in [9.17, 15) is 14.4 Å². The van der Waals surface area contributed by atoms with Crippen molar-refractivity contribution in [2.24, 2.45) is 0 Å². The molecule has 2 amide bonds. The van der Waals surface area contributed by atoms with E-state index in [2.05, 4.69) is 5.32 Å².